The second-order valence-electron chi connectivity index (χ2n) is 3.43. The monoisotopic (exact) mass is 198 g/mol. The van der Waals surface area contributed by atoms with Crippen LogP contribution in [0.3, 0.4) is 0 Å². The number of aliphatic hydroxyl groups excluding tert-OH is 1. The SMILES string of the molecule is CC(O)CN(C)c1cc(F)ccc1N. The van der Waals surface area contributed by atoms with E-state index in [2.05, 4.69) is 0 Å². The first-order chi connectivity index (χ1) is 6.50. The molecule has 0 fully saturated rings. The lowest BCUT2D eigenvalue weighted by Crippen LogP contribution is -2.27. The molecule has 0 aliphatic heterocycles. The lowest BCUT2D eigenvalue weighted by Gasteiger charge is -2.22. The van der Waals surface area contributed by atoms with Crippen molar-refractivity contribution in [2.24, 2.45) is 0 Å². The second kappa shape index (κ2) is 4.28. The van der Waals surface area contributed by atoms with Gasteiger partial charge in [0.05, 0.1) is 17.5 Å². The third kappa shape index (κ3) is 2.60. The van der Waals surface area contributed by atoms with E-state index in [-0.39, 0.29) is 5.82 Å². The lowest BCUT2D eigenvalue weighted by atomic mass is 10.2. The van der Waals surface area contributed by atoms with Crippen LogP contribution in [0, 0.1) is 5.82 Å². The summed E-state index contributed by atoms with van der Waals surface area (Å²) in [5.74, 6) is -0.327. The van der Waals surface area contributed by atoms with Gasteiger partial charge in [-0.1, -0.05) is 0 Å². The first-order valence-corrected chi connectivity index (χ1v) is 4.45. The fourth-order valence-electron chi connectivity index (χ4n) is 1.34. The molecule has 0 spiro atoms. The van der Waals surface area contributed by atoms with E-state index in [1.54, 1.807) is 18.9 Å². The van der Waals surface area contributed by atoms with Crippen molar-refractivity contribution in [2.75, 3.05) is 24.2 Å². The Bertz CT molecular complexity index is 315. The predicted molar refractivity (Wildman–Crippen MR) is 55.8 cm³/mol. The Hall–Kier alpha value is -1.29. The number of rotatable bonds is 3. The summed E-state index contributed by atoms with van der Waals surface area (Å²) in [6, 6.07) is 4.19. The summed E-state index contributed by atoms with van der Waals surface area (Å²) in [7, 11) is 1.76. The fourth-order valence-corrected chi connectivity index (χ4v) is 1.34. The third-order valence-corrected chi connectivity index (χ3v) is 1.94. The highest BCUT2D eigenvalue weighted by molar-refractivity contribution is 5.67. The van der Waals surface area contributed by atoms with Crippen LogP contribution >= 0.6 is 0 Å². The molecule has 1 aromatic carbocycles. The number of halogens is 1. The molecule has 1 rings (SSSR count). The number of benzene rings is 1. The Labute approximate surface area is 83.0 Å². The minimum Gasteiger partial charge on any atom is -0.397 e. The van der Waals surface area contributed by atoms with Gasteiger partial charge in [0.2, 0.25) is 0 Å². The Morgan fingerprint density at radius 2 is 2.21 bits per heavy atom. The van der Waals surface area contributed by atoms with Gasteiger partial charge in [-0.15, -0.1) is 0 Å². The van der Waals surface area contributed by atoms with Gasteiger partial charge < -0.3 is 15.7 Å². The standard InChI is InChI=1S/C10H15FN2O/c1-7(14)6-13(2)10-5-8(11)3-4-9(10)12/h3-5,7,14H,6,12H2,1-2H3. The molecule has 1 unspecified atom stereocenters. The largest absolute Gasteiger partial charge is 0.397 e. The first-order valence-electron chi connectivity index (χ1n) is 4.45. The van der Waals surface area contributed by atoms with Crippen molar-refractivity contribution in [1.29, 1.82) is 0 Å². The lowest BCUT2D eigenvalue weighted by molar-refractivity contribution is 0.201. The summed E-state index contributed by atoms with van der Waals surface area (Å²) in [5.41, 5.74) is 6.79. The second-order valence-corrected chi connectivity index (χ2v) is 3.43. The van der Waals surface area contributed by atoms with Gasteiger partial charge >= 0.3 is 0 Å². The van der Waals surface area contributed by atoms with Gasteiger partial charge in [-0.25, -0.2) is 4.39 Å². The molecule has 14 heavy (non-hydrogen) atoms. The van der Waals surface area contributed by atoms with Crippen molar-refractivity contribution < 1.29 is 9.50 Å². The molecule has 0 radical (unpaired) electrons. The van der Waals surface area contributed by atoms with Crippen LogP contribution < -0.4 is 10.6 Å². The molecule has 1 atom stereocenters. The molecule has 3 nitrogen and oxygen atoms in total. The maximum atomic E-state index is 12.9. The Morgan fingerprint density at radius 3 is 2.79 bits per heavy atom. The number of aliphatic hydroxyl groups is 1. The molecule has 0 bridgehead atoms. The zero-order chi connectivity index (χ0) is 10.7. The molecule has 0 saturated heterocycles. The van der Waals surface area contributed by atoms with Crippen molar-refractivity contribution >= 4 is 11.4 Å². The highest BCUT2D eigenvalue weighted by atomic mass is 19.1. The number of nitrogens with zero attached hydrogens (tertiary/aromatic N) is 1. The zero-order valence-electron chi connectivity index (χ0n) is 8.37. The zero-order valence-corrected chi connectivity index (χ0v) is 8.37. The minimum absolute atomic E-state index is 0.327. The number of anilines is 2. The van der Waals surface area contributed by atoms with Crippen LogP contribution in [0.5, 0.6) is 0 Å². The summed E-state index contributed by atoms with van der Waals surface area (Å²) in [4.78, 5) is 1.73. The van der Waals surface area contributed by atoms with E-state index >= 15 is 0 Å². The maximum Gasteiger partial charge on any atom is 0.125 e. The molecule has 0 heterocycles. The Morgan fingerprint density at radius 1 is 1.57 bits per heavy atom. The number of likely N-dealkylation sites (N-methyl/N-ethyl adjacent to an activating group) is 1. The first kappa shape index (κ1) is 10.8. The van der Waals surface area contributed by atoms with Crippen molar-refractivity contribution in [3.63, 3.8) is 0 Å². The van der Waals surface area contributed by atoms with Crippen molar-refractivity contribution in [1.82, 2.24) is 0 Å². The Balaban J connectivity index is 2.88. The summed E-state index contributed by atoms with van der Waals surface area (Å²) >= 11 is 0. The Kier molecular flexibility index (Phi) is 3.30. The molecule has 1 aromatic rings. The predicted octanol–water partition coefficient (Wildman–Crippen LogP) is 1.22. The van der Waals surface area contributed by atoms with E-state index in [0.29, 0.717) is 17.9 Å². The van der Waals surface area contributed by atoms with E-state index in [9.17, 15) is 4.39 Å². The third-order valence-electron chi connectivity index (χ3n) is 1.94. The molecule has 0 aliphatic rings. The van der Waals surface area contributed by atoms with E-state index in [0.717, 1.165) is 0 Å². The van der Waals surface area contributed by atoms with Crippen LogP contribution in [0.2, 0.25) is 0 Å². The van der Waals surface area contributed by atoms with Gasteiger partial charge in [-0.3, -0.25) is 0 Å². The molecule has 0 aliphatic carbocycles. The summed E-state index contributed by atoms with van der Waals surface area (Å²) < 4.78 is 12.9. The van der Waals surface area contributed by atoms with E-state index < -0.39 is 6.10 Å². The molecule has 0 amide bonds. The van der Waals surface area contributed by atoms with Gasteiger partial charge in [0.1, 0.15) is 5.82 Å². The average molecular weight is 198 g/mol. The molecule has 0 aromatic heterocycles. The van der Waals surface area contributed by atoms with Crippen molar-refractivity contribution in [3.8, 4) is 0 Å². The van der Waals surface area contributed by atoms with Gasteiger partial charge in [0, 0.05) is 13.6 Å². The quantitative estimate of drug-likeness (QED) is 0.718. The van der Waals surface area contributed by atoms with Crippen LogP contribution in [0.25, 0.3) is 0 Å². The molecular weight excluding hydrogens is 183 g/mol. The van der Waals surface area contributed by atoms with Crippen LogP contribution in [0.1, 0.15) is 6.92 Å². The number of nitrogen functional groups attached to an aromatic ring is 1. The molecular formula is C10H15FN2O. The number of hydrogen-bond acceptors (Lipinski definition) is 3. The van der Waals surface area contributed by atoms with Crippen molar-refractivity contribution in [3.05, 3.63) is 24.0 Å². The van der Waals surface area contributed by atoms with Crippen molar-refractivity contribution in [2.45, 2.75) is 13.0 Å². The smallest absolute Gasteiger partial charge is 0.125 e. The van der Waals surface area contributed by atoms with Gasteiger partial charge in [0.25, 0.3) is 0 Å². The van der Waals surface area contributed by atoms with Gasteiger partial charge in [-0.05, 0) is 25.1 Å². The van der Waals surface area contributed by atoms with Gasteiger partial charge in [0.15, 0.2) is 0 Å². The minimum atomic E-state index is -0.470. The number of nitrogens with two attached hydrogens (primary N) is 1. The van der Waals surface area contributed by atoms with E-state index in [1.165, 1.54) is 18.2 Å². The molecule has 3 N–H and O–H groups in total. The summed E-state index contributed by atoms with van der Waals surface area (Å²) in [6.07, 6.45) is -0.470. The van der Waals surface area contributed by atoms with Crippen LogP contribution in [0.4, 0.5) is 15.8 Å². The molecule has 78 valence electrons. The summed E-state index contributed by atoms with van der Waals surface area (Å²) in [6.45, 7) is 2.10. The summed E-state index contributed by atoms with van der Waals surface area (Å²) in [5, 5.41) is 9.17. The van der Waals surface area contributed by atoms with E-state index in [1.807, 2.05) is 0 Å². The molecule has 0 saturated carbocycles. The van der Waals surface area contributed by atoms with E-state index in [4.69, 9.17) is 10.8 Å². The van der Waals surface area contributed by atoms with Crippen LogP contribution in [-0.2, 0) is 0 Å². The van der Waals surface area contributed by atoms with Crippen LogP contribution in [0.15, 0.2) is 18.2 Å². The fraction of sp³-hybridized carbons (Fsp3) is 0.400. The maximum absolute atomic E-state index is 12.9. The molecule has 4 heteroatoms. The highest BCUT2D eigenvalue weighted by Gasteiger charge is 2.08. The average Bonchev–Trinajstić information content (AvgIpc) is 2.08. The van der Waals surface area contributed by atoms with Gasteiger partial charge in [-0.2, -0.15) is 0 Å². The highest BCUT2D eigenvalue weighted by Crippen LogP contribution is 2.22. The number of hydrogen-bond donors (Lipinski definition) is 2. The normalized spacial score (nSPS) is 12.6. The van der Waals surface area contributed by atoms with Crippen LogP contribution in [-0.4, -0.2) is 24.8 Å². The topological polar surface area (TPSA) is 49.5 Å².